The summed E-state index contributed by atoms with van der Waals surface area (Å²) in [7, 11) is 0. The first kappa shape index (κ1) is 15.9. The highest BCUT2D eigenvalue weighted by Gasteiger charge is 2.03. The predicted molar refractivity (Wildman–Crippen MR) is 97.5 cm³/mol. The summed E-state index contributed by atoms with van der Waals surface area (Å²) in [6.45, 7) is 6.89. The van der Waals surface area contributed by atoms with Gasteiger partial charge >= 0.3 is 0 Å². The smallest absolute Gasteiger partial charge is 0.244 e. The van der Waals surface area contributed by atoms with E-state index in [1.165, 1.54) is 22.3 Å². The van der Waals surface area contributed by atoms with E-state index >= 15 is 0 Å². The van der Waals surface area contributed by atoms with Gasteiger partial charge in [-0.3, -0.25) is 0 Å². The van der Waals surface area contributed by atoms with Gasteiger partial charge in [0.15, 0.2) is 5.82 Å². The average molecular weight is 319 g/mol. The Labute approximate surface area is 142 Å². The van der Waals surface area contributed by atoms with Crippen molar-refractivity contribution in [3.63, 3.8) is 0 Å². The van der Waals surface area contributed by atoms with E-state index in [-0.39, 0.29) is 0 Å². The number of hydrogen-bond donors (Lipinski definition) is 2. The van der Waals surface area contributed by atoms with Crippen LogP contribution in [0.15, 0.2) is 48.7 Å². The fourth-order valence-electron chi connectivity index (χ4n) is 2.64. The zero-order chi connectivity index (χ0) is 16.9. The molecule has 122 valence electrons. The molecule has 24 heavy (non-hydrogen) atoms. The van der Waals surface area contributed by atoms with Gasteiger partial charge in [-0.2, -0.15) is 10.1 Å². The highest BCUT2D eigenvalue weighted by Crippen LogP contribution is 2.18. The second kappa shape index (κ2) is 7.08. The van der Waals surface area contributed by atoms with E-state index in [1.54, 1.807) is 6.20 Å². The van der Waals surface area contributed by atoms with Gasteiger partial charge in [0.1, 0.15) is 0 Å². The van der Waals surface area contributed by atoms with Gasteiger partial charge in [-0.25, -0.2) is 0 Å². The quantitative estimate of drug-likeness (QED) is 0.739. The Kier molecular flexibility index (Phi) is 4.70. The Balaban J connectivity index is 1.69. The van der Waals surface area contributed by atoms with Crippen LogP contribution in [-0.4, -0.2) is 15.2 Å². The van der Waals surface area contributed by atoms with Crippen LogP contribution in [0.3, 0.4) is 0 Å². The summed E-state index contributed by atoms with van der Waals surface area (Å²) in [5.74, 6) is 1.17. The van der Waals surface area contributed by atoms with E-state index in [2.05, 4.69) is 83.0 Å². The van der Waals surface area contributed by atoms with Gasteiger partial charge in [-0.15, -0.1) is 5.10 Å². The Morgan fingerprint density at radius 3 is 2.46 bits per heavy atom. The topological polar surface area (TPSA) is 62.7 Å². The Bertz CT molecular complexity index is 824. The lowest BCUT2D eigenvalue weighted by Gasteiger charge is -2.09. The number of nitrogens with one attached hydrogen (secondary N) is 2. The molecule has 0 fully saturated rings. The largest absolute Gasteiger partial charge is 0.349 e. The summed E-state index contributed by atoms with van der Waals surface area (Å²) in [6, 6.07) is 14.6. The second-order valence-corrected chi connectivity index (χ2v) is 6.01. The van der Waals surface area contributed by atoms with E-state index in [0.717, 1.165) is 5.69 Å². The molecule has 0 aliphatic heterocycles. The number of rotatable bonds is 5. The van der Waals surface area contributed by atoms with E-state index in [4.69, 9.17) is 0 Å². The number of aryl methyl sites for hydroxylation is 3. The van der Waals surface area contributed by atoms with Crippen molar-refractivity contribution >= 4 is 17.5 Å². The summed E-state index contributed by atoms with van der Waals surface area (Å²) >= 11 is 0. The number of hydrogen-bond acceptors (Lipinski definition) is 5. The molecule has 0 aliphatic carbocycles. The lowest BCUT2D eigenvalue weighted by atomic mass is 10.1. The molecule has 0 saturated carbocycles. The molecular weight excluding hydrogens is 298 g/mol. The lowest BCUT2D eigenvalue weighted by Crippen LogP contribution is -2.06. The molecule has 3 rings (SSSR count). The summed E-state index contributed by atoms with van der Waals surface area (Å²) in [4.78, 5) is 4.47. The minimum atomic E-state index is 0.505. The molecule has 5 heteroatoms. The van der Waals surface area contributed by atoms with Crippen molar-refractivity contribution in [2.45, 2.75) is 27.3 Å². The summed E-state index contributed by atoms with van der Waals surface area (Å²) in [5.41, 5.74) is 5.83. The molecular formula is C19H21N5. The van der Waals surface area contributed by atoms with Gasteiger partial charge in [0.05, 0.1) is 6.20 Å². The third kappa shape index (κ3) is 4.29. The highest BCUT2D eigenvalue weighted by molar-refractivity contribution is 5.58. The molecule has 1 aromatic heterocycles. The summed E-state index contributed by atoms with van der Waals surface area (Å²) < 4.78 is 0. The minimum Gasteiger partial charge on any atom is -0.349 e. The molecule has 2 aromatic carbocycles. The average Bonchev–Trinajstić information content (AvgIpc) is 2.52. The molecule has 0 spiro atoms. The number of aromatic nitrogens is 3. The minimum absolute atomic E-state index is 0.505. The molecule has 0 amide bonds. The molecule has 0 aliphatic rings. The number of benzene rings is 2. The number of anilines is 3. The SMILES string of the molecule is Cc1cccc(CNc2nncc(Nc3cc(C)cc(C)c3)n2)c1. The molecule has 0 radical (unpaired) electrons. The molecule has 0 saturated heterocycles. The third-order valence-electron chi connectivity index (χ3n) is 3.59. The van der Waals surface area contributed by atoms with E-state index < -0.39 is 0 Å². The van der Waals surface area contributed by atoms with Crippen molar-refractivity contribution in [2.24, 2.45) is 0 Å². The van der Waals surface area contributed by atoms with Crippen molar-refractivity contribution in [2.75, 3.05) is 10.6 Å². The molecule has 0 bridgehead atoms. The molecule has 0 atom stereocenters. The van der Waals surface area contributed by atoms with Gasteiger partial charge in [0.25, 0.3) is 0 Å². The Morgan fingerprint density at radius 1 is 0.917 bits per heavy atom. The van der Waals surface area contributed by atoms with Crippen LogP contribution in [0.1, 0.15) is 22.3 Å². The standard InChI is InChI=1S/C19H21N5/c1-13-5-4-6-16(8-13)11-20-19-23-18(12-21-24-19)22-17-9-14(2)7-15(3)10-17/h4-10,12H,11H2,1-3H3,(H2,20,22,23,24). The van der Waals surface area contributed by atoms with Gasteiger partial charge in [-0.05, 0) is 49.6 Å². The van der Waals surface area contributed by atoms with Gasteiger partial charge < -0.3 is 10.6 Å². The molecule has 0 unspecified atom stereocenters. The van der Waals surface area contributed by atoms with Crippen LogP contribution in [0.4, 0.5) is 17.5 Å². The van der Waals surface area contributed by atoms with E-state index in [1.807, 2.05) is 6.07 Å². The van der Waals surface area contributed by atoms with Crippen molar-refractivity contribution in [3.05, 3.63) is 70.9 Å². The van der Waals surface area contributed by atoms with Crippen LogP contribution >= 0.6 is 0 Å². The van der Waals surface area contributed by atoms with Crippen molar-refractivity contribution < 1.29 is 0 Å². The van der Waals surface area contributed by atoms with Crippen LogP contribution in [0.25, 0.3) is 0 Å². The zero-order valence-corrected chi connectivity index (χ0v) is 14.2. The van der Waals surface area contributed by atoms with Crippen molar-refractivity contribution in [1.29, 1.82) is 0 Å². The third-order valence-corrected chi connectivity index (χ3v) is 3.59. The van der Waals surface area contributed by atoms with Crippen LogP contribution in [0.5, 0.6) is 0 Å². The first-order valence-electron chi connectivity index (χ1n) is 7.93. The summed E-state index contributed by atoms with van der Waals surface area (Å²) in [5, 5.41) is 14.6. The number of nitrogens with zero attached hydrogens (tertiary/aromatic N) is 3. The Morgan fingerprint density at radius 2 is 1.71 bits per heavy atom. The molecule has 1 heterocycles. The highest BCUT2D eigenvalue weighted by atomic mass is 15.3. The van der Waals surface area contributed by atoms with E-state index in [9.17, 15) is 0 Å². The maximum absolute atomic E-state index is 4.47. The fourth-order valence-corrected chi connectivity index (χ4v) is 2.64. The van der Waals surface area contributed by atoms with Crippen LogP contribution < -0.4 is 10.6 Å². The monoisotopic (exact) mass is 319 g/mol. The van der Waals surface area contributed by atoms with Gasteiger partial charge in [0, 0.05) is 12.2 Å². The normalized spacial score (nSPS) is 10.5. The lowest BCUT2D eigenvalue weighted by molar-refractivity contribution is 0.948. The first-order valence-corrected chi connectivity index (χ1v) is 7.93. The predicted octanol–water partition coefficient (Wildman–Crippen LogP) is 4.15. The summed E-state index contributed by atoms with van der Waals surface area (Å²) in [6.07, 6.45) is 1.62. The maximum atomic E-state index is 4.47. The molecule has 5 nitrogen and oxygen atoms in total. The fraction of sp³-hybridized carbons (Fsp3) is 0.211. The van der Waals surface area contributed by atoms with Crippen LogP contribution in [0.2, 0.25) is 0 Å². The maximum Gasteiger partial charge on any atom is 0.244 e. The van der Waals surface area contributed by atoms with E-state index in [0.29, 0.717) is 18.3 Å². The van der Waals surface area contributed by atoms with Gasteiger partial charge in [-0.1, -0.05) is 35.9 Å². The Hall–Kier alpha value is -2.95. The second-order valence-electron chi connectivity index (χ2n) is 6.01. The molecule has 2 N–H and O–H groups in total. The van der Waals surface area contributed by atoms with Crippen LogP contribution in [-0.2, 0) is 6.54 Å². The first-order chi connectivity index (χ1) is 11.6. The molecule has 3 aromatic rings. The van der Waals surface area contributed by atoms with Crippen LogP contribution in [0, 0.1) is 20.8 Å². The van der Waals surface area contributed by atoms with Crippen molar-refractivity contribution in [1.82, 2.24) is 15.2 Å². The zero-order valence-electron chi connectivity index (χ0n) is 14.2. The van der Waals surface area contributed by atoms with Crippen molar-refractivity contribution in [3.8, 4) is 0 Å². The van der Waals surface area contributed by atoms with Gasteiger partial charge in [0.2, 0.25) is 5.95 Å².